The molecule has 0 radical (unpaired) electrons. The predicted molar refractivity (Wildman–Crippen MR) is 113 cm³/mol. The van der Waals surface area contributed by atoms with Crippen molar-refractivity contribution in [1.82, 2.24) is 4.98 Å². The largest absolute Gasteiger partial charge is 0.494 e. The predicted octanol–water partition coefficient (Wildman–Crippen LogP) is 5.92. The van der Waals surface area contributed by atoms with E-state index < -0.39 is 0 Å². The van der Waals surface area contributed by atoms with Gasteiger partial charge in [0.25, 0.3) is 0 Å². The molecule has 4 nitrogen and oxygen atoms in total. The molecule has 1 aromatic heterocycles. The molecule has 0 aliphatic carbocycles. The molecule has 2 aromatic carbocycles. The Morgan fingerprint density at radius 1 is 1.21 bits per heavy atom. The van der Waals surface area contributed by atoms with Crippen LogP contribution in [0.5, 0.6) is 5.75 Å². The number of thiazole rings is 1. The first-order valence-corrected chi connectivity index (χ1v) is 10.3. The van der Waals surface area contributed by atoms with Crippen molar-refractivity contribution < 1.29 is 13.9 Å². The summed E-state index contributed by atoms with van der Waals surface area (Å²) in [5.74, 6) is 0.275. The van der Waals surface area contributed by atoms with Crippen molar-refractivity contribution in [2.45, 2.75) is 45.4 Å². The molecule has 148 valence electrons. The van der Waals surface area contributed by atoms with E-state index in [0.29, 0.717) is 34.8 Å². The van der Waals surface area contributed by atoms with E-state index in [4.69, 9.17) is 4.74 Å². The maximum atomic E-state index is 13.7. The molecule has 1 heterocycles. The summed E-state index contributed by atoms with van der Waals surface area (Å²) in [6.45, 7) is 7.08. The van der Waals surface area contributed by atoms with Gasteiger partial charge in [-0.3, -0.25) is 4.79 Å². The van der Waals surface area contributed by atoms with Crippen LogP contribution in [0.4, 0.5) is 9.52 Å². The summed E-state index contributed by atoms with van der Waals surface area (Å²) in [6, 6.07) is 12.9. The number of halogens is 1. The lowest BCUT2D eigenvalue weighted by Crippen LogP contribution is -2.15. The number of fused-ring (bicyclic) bond motifs is 1. The molecule has 1 amide bonds. The van der Waals surface area contributed by atoms with Crippen molar-refractivity contribution in [3.05, 3.63) is 53.8 Å². The van der Waals surface area contributed by atoms with Crippen LogP contribution >= 0.6 is 11.3 Å². The van der Waals surface area contributed by atoms with Gasteiger partial charge >= 0.3 is 0 Å². The van der Waals surface area contributed by atoms with Gasteiger partial charge in [-0.2, -0.15) is 0 Å². The van der Waals surface area contributed by atoms with E-state index >= 15 is 0 Å². The SMILES string of the molecule is CCC(C)(C)c1ccc(OCCCC(=O)Nc2nc3c(F)cccc3s2)cc1. The molecule has 28 heavy (non-hydrogen) atoms. The molecule has 3 aromatic rings. The third kappa shape index (κ3) is 4.87. The molecule has 3 rings (SSSR count). The molecule has 0 aliphatic heterocycles. The van der Waals surface area contributed by atoms with Gasteiger partial charge in [0.05, 0.1) is 11.3 Å². The smallest absolute Gasteiger partial charge is 0.226 e. The summed E-state index contributed by atoms with van der Waals surface area (Å²) >= 11 is 1.27. The molecule has 0 unspecified atom stereocenters. The normalized spacial score (nSPS) is 11.6. The fourth-order valence-corrected chi connectivity index (χ4v) is 3.68. The van der Waals surface area contributed by atoms with E-state index in [1.807, 2.05) is 12.1 Å². The van der Waals surface area contributed by atoms with E-state index in [-0.39, 0.29) is 17.1 Å². The molecule has 6 heteroatoms. The Hall–Kier alpha value is -2.47. The lowest BCUT2D eigenvalue weighted by Gasteiger charge is -2.23. The van der Waals surface area contributed by atoms with Crippen LogP contribution in [0.15, 0.2) is 42.5 Å². The number of ether oxygens (including phenoxy) is 1. The first-order chi connectivity index (χ1) is 13.4. The third-order valence-corrected chi connectivity index (χ3v) is 5.89. The molecule has 0 saturated carbocycles. The zero-order valence-corrected chi connectivity index (χ0v) is 17.2. The summed E-state index contributed by atoms with van der Waals surface area (Å²) < 4.78 is 20.1. The average molecular weight is 401 g/mol. The Bertz CT molecular complexity index is 951. The third-order valence-electron chi connectivity index (χ3n) is 4.95. The highest BCUT2D eigenvalue weighted by molar-refractivity contribution is 7.22. The second-order valence-corrected chi connectivity index (χ2v) is 8.40. The molecule has 0 bridgehead atoms. The minimum atomic E-state index is -0.379. The number of nitrogens with zero attached hydrogens (tertiary/aromatic N) is 1. The van der Waals surface area contributed by atoms with Gasteiger partial charge in [0.15, 0.2) is 5.13 Å². The first kappa shape index (κ1) is 20.3. The van der Waals surface area contributed by atoms with E-state index in [9.17, 15) is 9.18 Å². The lowest BCUT2D eigenvalue weighted by molar-refractivity contribution is -0.116. The number of hydrogen-bond acceptors (Lipinski definition) is 4. The molecule has 1 N–H and O–H groups in total. The van der Waals surface area contributed by atoms with Crippen LogP contribution in [0.2, 0.25) is 0 Å². The summed E-state index contributed by atoms with van der Waals surface area (Å²) in [5.41, 5.74) is 1.73. The minimum absolute atomic E-state index is 0.150. The average Bonchev–Trinajstić information content (AvgIpc) is 3.09. The second kappa shape index (κ2) is 8.69. The highest BCUT2D eigenvalue weighted by atomic mass is 32.1. The van der Waals surface area contributed by atoms with Crippen LogP contribution in [0.25, 0.3) is 10.2 Å². The Morgan fingerprint density at radius 3 is 2.64 bits per heavy atom. The summed E-state index contributed by atoms with van der Waals surface area (Å²) in [7, 11) is 0. The number of benzene rings is 2. The molecule has 0 fully saturated rings. The molecule has 0 atom stereocenters. The zero-order valence-electron chi connectivity index (χ0n) is 16.4. The van der Waals surface area contributed by atoms with Crippen molar-refractivity contribution in [3.8, 4) is 5.75 Å². The fourth-order valence-electron chi connectivity index (χ4n) is 2.78. The zero-order chi connectivity index (χ0) is 20.1. The van der Waals surface area contributed by atoms with Crippen molar-refractivity contribution in [1.29, 1.82) is 0 Å². The number of nitrogens with one attached hydrogen (secondary N) is 1. The number of anilines is 1. The van der Waals surface area contributed by atoms with Gasteiger partial charge < -0.3 is 10.1 Å². The monoisotopic (exact) mass is 400 g/mol. The summed E-state index contributed by atoms with van der Waals surface area (Å²) in [5, 5.41) is 3.15. The van der Waals surface area contributed by atoms with Gasteiger partial charge in [0, 0.05) is 6.42 Å². The molecule has 0 saturated heterocycles. The highest BCUT2D eigenvalue weighted by Crippen LogP contribution is 2.29. The van der Waals surface area contributed by atoms with Gasteiger partial charge in [0.1, 0.15) is 17.1 Å². The fraction of sp³-hybridized carbons (Fsp3) is 0.364. The van der Waals surface area contributed by atoms with Gasteiger partial charge in [-0.1, -0.05) is 50.3 Å². The number of carbonyl (C=O) groups excluding carboxylic acids is 1. The summed E-state index contributed by atoms with van der Waals surface area (Å²) in [6.07, 6.45) is 1.98. The van der Waals surface area contributed by atoms with E-state index in [2.05, 4.69) is 43.2 Å². The quantitative estimate of drug-likeness (QED) is 0.478. The lowest BCUT2D eigenvalue weighted by atomic mass is 9.82. The van der Waals surface area contributed by atoms with Crippen molar-refractivity contribution >= 4 is 32.6 Å². The second-order valence-electron chi connectivity index (χ2n) is 7.37. The van der Waals surface area contributed by atoms with Gasteiger partial charge in [-0.05, 0) is 48.1 Å². The Labute approximate surface area is 168 Å². The highest BCUT2D eigenvalue weighted by Gasteiger charge is 2.17. The molecular formula is C22H25FN2O2S. The molecule has 0 aliphatic rings. The Morgan fingerprint density at radius 2 is 1.96 bits per heavy atom. The minimum Gasteiger partial charge on any atom is -0.494 e. The van der Waals surface area contributed by atoms with Crippen LogP contribution in [-0.4, -0.2) is 17.5 Å². The van der Waals surface area contributed by atoms with E-state index in [1.54, 1.807) is 12.1 Å². The topological polar surface area (TPSA) is 51.2 Å². The van der Waals surface area contributed by atoms with E-state index in [1.165, 1.54) is 23.0 Å². The van der Waals surface area contributed by atoms with Gasteiger partial charge in [-0.25, -0.2) is 9.37 Å². The molecular weight excluding hydrogens is 375 g/mol. The Kier molecular flexibility index (Phi) is 6.29. The standard InChI is InChI=1S/C22H25FN2O2S/c1-4-22(2,3)15-10-12-16(13-11-15)27-14-6-9-19(26)24-21-25-20-17(23)7-5-8-18(20)28-21/h5,7-8,10-13H,4,6,9,14H2,1-3H3,(H,24,25,26). The number of hydrogen-bond donors (Lipinski definition) is 1. The van der Waals surface area contributed by atoms with Crippen LogP contribution < -0.4 is 10.1 Å². The van der Waals surface area contributed by atoms with Crippen LogP contribution in [0, 0.1) is 5.82 Å². The number of rotatable bonds is 8. The van der Waals surface area contributed by atoms with Crippen molar-refractivity contribution in [3.63, 3.8) is 0 Å². The van der Waals surface area contributed by atoms with Crippen molar-refractivity contribution in [2.24, 2.45) is 0 Å². The number of amides is 1. The van der Waals surface area contributed by atoms with Gasteiger partial charge in [0.2, 0.25) is 5.91 Å². The van der Waals surface area contributed by atoms with Crippen molar-refractivity contribution in [2.75, 3.05) is 11.9 Å². The molecule has 0 spiro atoms. The van der Waals surface area contributed by atoms with Gasteiger partial charge in [-0.15, -0.1) is 0 Å². The number of para-hydroxylation sites is 1. The van der Waals surface area contributed by atoms with Crippen LogP contribution in [0.1, 0.15) is 45.6 Å². The number of aromatic nitrogens is 1. The van der Waals surface area contributed by atoms with Crippen LogP contribution in [-0.2, 0) is 10.2 Å². The maximum Gasteiger partial charge on any atom is 0.226 e. The van der Waals surface area contributed by atoms with Crippen LogP contribution in [0.3, 0.4) is 0 Å². The van der Waals surface area contributed by atoms with E-state index in [0.717, 1.165) is 12.2 Å². The number of carbonyl (C=O) groups is 1. The maximum absolute atomic E-state index is 13.7. The summed E-state index contributed by atoms with van der Waals surface area (Å²) in [4.78, 5) is 16.2. The first-order valence-electron chi connectivity index (χ1n) is 9.47. The Balaban J connectivity index is 1.44.